The number of rotatable bonds is 0. The summed E-state index contributed by atoms with van der Waals surface area (Å²) in [6.07, 6.45) is 11.8. The fourth-order valence-corrected chi connectivity index (χ4v) is 1.82. The Balaban J connectivity index is 0.000000406. The molecule has 1 fully saturated rings. The highest BCUT2D eigenvalue weighted by Gasteiger charge is 2.15. The van der Waals surface area contributed by atoms with Crippen molar-refractivity contribution in [1.82, 2.24) is 0 Å². The normalized spacial score (nSPS) is 18.0. The lowest BCUT2D eigenvalue weighted by molar-refractivity contribution is -1.92. The minimum absolute atomic E-state index is 0.598. The molecule has 0 saturated carbocycles. The molecular formula is C11H17Cl2N2O8+. The molecular weight excluding hydrogens is 359 g/mol. The van der Waals surface area contributed by atoms with E-state index in [1.54, 1.807) is 0 Å². The molecule has 0 aromatic rings. The molecule has 1 aliphatic carbocycles. The summed E-state index contributed by atoms with van der Waals surface area (Å²) in [4.78, 5) is 0. The maximum Gasteiger partial charge on any atom is 0.200 e. The van der Waals surface area contributed by atoms with Crippen LogP contribution in [0, 0.1) is 25.9 Å². The van der Waals surface area contributed by atoms with Crippen molar-refractivity contribution in [3.63, 3.8) is 0 Å². The Hall–Kier alpha value is -0.920. The molecule has 2 rings (SSSR count). The van der Waals surface area contributed by atoms with Crippen LogP contribution in [-0.4, -0.2) is 38.4 Å². The molecule has 132 valence electrons. The van der Waals surface area contributed by atoms with Gasteiger partial charge in [0.05, 0.1) is 35.5 Å². The van der Waals surface area contributed by atoms with Gasteiger partial charge in [-0.15, -0.1) is 0 Å². The third-order valence-corrected chi connectivity index (χ3v) is 2.59. The van der Waals surface area contributed by atoms with Crippen LogP contribution < -0.4 is 28.0 Å². The lowest BCUT2D eigenvalue weighted by Crippen LogP contribution is -2.58. The van der Waals surface area contributed by atoms with Crippen LogP contribution in [0.5, 0.6) is 0 Å². The Morgan fingerprint density at radius 2 is 1.13 bits per heavy atom. The highest BCUT2D eigenvalue weighted by Crippen LogP contribution is 2.06. The Morgan fingerprint density at radius 1 is 0.783 bits per heavy atom. The highest BCUT2D eigenvalue weighted by atomic mass is 35.7. The third-order valence-electron chi connectivity index (χ3n) is 2.59. The van der Waals surface area contributed by atoms with E-state index in [9.17, 15) is 0 Å². The number of piperidine rings is 1. The Bertz CT molecular complexity index is 429. The zero-order valence-corrected chi connectivity index (χ0v) is 13.4. The van der Waals surface area contributed by atoms with Gasteiger partial charge in [-0.05, 0) is 18.6 Å². The largest absolute Gasteiger partial charge is 0.301 e. The van der Waals surface area contributed by atoms with Crippen molar-refractivity contribution in [3.05, 3.63) is 24.3 Å². The summed E-state index contributed by atoms with van der Waals surface area (Å²) in [6, 6.07) is 0. The number of nitrogens with zero attached hydrogens (tertiary/aromatic N) is 1. The van der Waals surface area contributed by atoms with Crippen molar-refractivity contribution in [2.45, 2.75) is 19.3 Å². The first-order chi connectivity index (χ1) is 10.4. The standard InChI is InChI=1S/C11H15N2.2ClHO4/c12-10-4-6-11(7-5-10)13-8-2-1-3-9-13;2*2-1(3,4)5/h4-7,12H,1-3,8-9H2;2*(H,2,3,4,5)/q+1;;. The molecule has 10 nitrogen and oxygen atoms in total. The van der Waals surface area contributed by atoms with E-state index < -0.39 is 20.5 Å². The number of hydrogen-bond acceptors (Lipinski definition) is 9. The van der Waals surface area contributed by atoms with Crippen LogP contribution in [0.15, 0.2) is 24.3 Å². The molecule has 0 aromatic carbocycles. The summed E-state index contributed by atoms with van der Waals surface area (Å²) in [6.45, 7) is 2.36. The quantitative estimate of drug-likeness (QED) is 0.273. The summed E-state index contributed by atoms with van der Waals surface area (Å²) in [5.74, 6) is 0. The number of hydrogen-bond donors (Lipinski definition) is 3. The van der Waals surface area contributed by atoms with E-state index in [-0.39, 0.29) is 0 Å². The van der Waals surface area contributed by atoms with E-state index in [4.69, 9.17) is 42.7 Å². The SMILES string of the molecule is N=C1C=CC(=[N+]2CCCCC2)C=C1.[O-][Cl+3]([O-])([O-])O.[O-][Cl+3]([O-])([O-])O. The van der Waals surface area contributed by atoms with Crippen LogP contribution in [0.3, 0.4) is 0 Å². The second kappa shape index (κ2) is 10.1. The molecule has 0 unspecified atom stereocenters. The van der Waals surface area contributed by atoms with E-state index in [1.165, 1.54) is 38.1 Å². The van der Waals surface area contributed by atoms with Gasteiger partial charge in [-0.3, -0.25) is 0 Å². The second-order valence-electron chi connectivity index (χ2n) is 4.39. The van der Waals surface area contributed by atoms with E-state index in [1.807, 2.05) is 24.3 Å². The first-order valence-electron chi connectivity index (χ1n) is 6.19. The maximum absolute atomic E-state index is 8.60. The summed E-state index contributed by atoms with van der Waals surface area (Å²) in [5.41, 5.74) is 1.87. The second-order valence-corrected chi connectivity index (χ2v) is 5.97. The Labute approximate surface area is 136 Å². The molecule has 0 atom stereocenters. The first-order valence-corrected chi connectivity index (χ1v) is 8.72. The molecule has 0 aromatic heterocycles. The molecule has 3 N–H and O–H groups in total. The lowest BCUT2D eigenvalue weighted by Gasteiger charge is -2.12. The highest BCUT2D eigenvalue weighted by molar-refractivity contribution is 6.15. The smallest absolute Gasteiger partial charge is 0.200 e. The summed E-state index contributed by atoms with van der Waals surface area (Å²) in [7, 11) is -9.39. The molecule has 0 amide bonds. The average molecular weight is 376 g/mol. The van der Waals surface area contributed by atoms with Crippen LogP contribution in [-0.2, 0) is 0 Å². The zero-order valence-electron chi connectivity index (χ0n) is 11.9. The monoisotopic (exact) mass is 375 g/mol. The molecule has 1 saturated heterocycles. The van der Waals surface area contributed by atoms with Gasteiger partial charge in [-0.25, -0.2) is 4.58 Å². The summed E-state index contributed by atoms with van der Waals surface area (Å²) < 4.78 is 67.9. The Morgan fingerprint density at radius 3 is 1.48 bits per heavy atom. The van der Waals surface area contributed by atoms with Crippen LogP contribution in [0.4, 0.5) is 0 Å². The van der Waals surface area contributed by atoms with Gasteiger partial charge in [0.2, 0.25) is 0 Å². The van der Waals surface area contributed by atoms with Crippen molar-refractivity contribution >= 4 is 11.4 Å². The molecule has 0 spiro atoms. The van der Waals surface area contributed by atoms with Gasteiger partial charge in [0.25, 0.3) is 0 Å². The van der Waals surface area contributed by atoms with Crippen molar-refractivity contribution in [1.29, 1.82) is 5.41 Å². The average Bonchev–Trinajstić information content (AvgIpc) is 2.37. The number of nitrogens with one attached hydrogen (secondary N) is 1. The molecule has 1 heterocycles. The van der Waals surface area contributed by atoms with Gasteiger partial charge in [-0.1, -0.05) is 0 Å². The van der Waals surface area contributed by atoms with E-state index in [0.717, 1.165) is 0 Å². The molecule has 0 radical (unpaired) electrons. The number of halogens is 2. The fraction of sp³-hybridized carbons (Fsp3) is 0.455. The number of allylic oxidation sites excluding steroid dienone is 4. The van der Waals surface area contributed by atoms with Gasteiger partial charge in [0.15, 0.2) is 5.71 Å². The molecule has 2 aliphatic rings. The van der Waals surface area contributed by atoms with Gasteiger partial charge < -0.3 is 5.41 Å². The van der Waals surface area contributed by atoms with E-state index in [0.29, 0.717) is 5.71 Å². The first kappa shape index (κ1) is 22.1. The predicted octanol–water partition coefficient (Wildman–Crippen LogP) is -6.48. The van der Waals surface area contributed by atoms with Crippen LogP contribution in [0.25, 0.3) is 0 Å². The third kappa shape index (κ3) is 17.3. The van der Waals surface area contributed by atoms with Gasteiger partial charge in [-0.2, -0.15) is 28.0 Å². The maximum atomic E-state index is 8.60. The van der Waals surface area contributed by atoms with Crippen molar-refractivity contribution < 1.29 is 62.3 Å². The summed E-state index contributed by atoms with van der Waals surface area (Å²) in [5, 5.41) is 7.39. The van der Waals surface area contributed by atoms with Crippen LogP contribution in [0.1, 0.15) is 19.3 Å². The molecule has 12 heteroatoms. The molecule has 0 bridgehead atoms. The van der Waals surface area contributed by atoms with Crippen molar-refractivity contribution in [2.24, 2.45) is 0 Å². The van der Waals surface area contributed by atoms with Crippen LogP contribution in [0.2, 0.25) is 0 Å². The minimum Gasteiger partial charge on any atom is -0.301 e. The van der Waals surface area contributed by atoms with Crippen molar-refractivity contribution in [2.75, 3.05) is 13.1 Å². The zero-order chi connectivity index (χ0) is 18.1. The van der Waals surface area contributed by atoms with E-state index in [2.05, 4.69) is 4.58 Å². The fourth-order valence-electron chi connectivity index (χ4n) is 1.82. The summed E-state index contributed by atoms with van der Waals surface area (Å²) >= 11 is 0. The predicted molar refractivity (Wildman–Crippen MR) is 59.3 cm³/mol. The van der Waals surface area contributed by atoms with Gasteiger partial charge in [0, 0.05) is 25.0 Å². The molecule has 23 heavy (non-hydrogen) atoms. The topological polar surface area (TPSA) is 206 Å². The van der Waals surface area contributed by atoms with E-state index >= 15 is 0 Å². The van der Waals surface area contributed by atoms with Gasteiger partial charge >= 0.3 is 0 Å². The molecule has 1 aliphatic heterocycles. The van der Waals surface area contributed by atoms with Crippen LogP contribution >= 0.6 is 0 Å². The lowest BCUT2D eigenvalue weighted by atomic mass is 10.1. The van der Waals surface area contributed by atoms with Gasteiger partial charge in [0.1, 0.15) is 13.1 Å². The Kier molecular flexibility index (Phi) is 9.65. The van der Waals surface area contributed by atoms with Crippen molar-refractivity contribution in [3.8, 4) is 0 Å². The minimum atomic E-state index is -4.69.